The van der Waals surface area contributed by atoms with Gasteiger partial charge in [-0.25, -0.2) is 0 Å². The zero-order valence-corrected chi connectivity index (χ0v) is 12.9. The molecule has 0 radical (unpaired) electrons. The summed E-state index contributed by atoms with van der Waals surface area (Å²) in [6.07, 6.45) is 1.74. The van der Waals surface area contributed by atoms with Crippen LogP contribution < -0.4 is 5.73 Å². The summed E-state index contributed by atoms with van der Waals surface area (Å²) in [6.45, 7) is 8.96. The van der Waals surface area contributed by atoms with Gasteiger partial charge in [0.1, 0.15) is 11.3 Å². The van der Waals surface area contributed by atoms with Crippen LogP contribution in [0, 0.1) is 6.92 Å². The highest BCUT2D eigenvalue weighted by molar-refractivity contribution is 5.81. The Labute approximate surface area is 121 Å². The molecule has 0 saturated heterocycles. The molecule has 0 bridgehead atoms. The number of para-hydroxylation sites is 1. The van der Waals surface area contributed by atoms with Gasteiger partial charge in [-0.1, -0.05) is 32.0 Å². The third kappa shape index (κ3) is 2.48. The van der Waals surface area contributed by atoms with E-state index in [2.05, 4.69) is 32.9 Å². The van der Waals surface area contributed by atoms with Crippen molar-refractivity contribution < 1.29 is 9.15 Å². The predicted octanol–water partition coefficient (Wildman–Crippen LogP) is 4.34. The Morgan fingerprint density at radius 3 is 2.50 bits per heavy atom. The average molecular weight is 275 g/mol. The zero-order valence-electron chi connectivity index (χ0n) is 12.9. The average Bonchev–Trinajstić information content (AvgIpc) is 2.89. The lowest BCUT2D eigenvalue weighted by molar-refractivity contribution is -0.0682. The van der Waals surface area contributed by atoms with E-state index in [1.165, 1.54) is 0 Å². The largest absolute Gasteiger partial charge is 0.459 e. The van der Waals surface area contributed by atoms with E-state index in [1.807, 2.05) is 19.1 Å². The molecule has 1 heterocycles. The van der Waals surface area contributed by atoms with Crippen LogP contribution >= 0.6 is 0 Å². The van der Waals surface area contributed by atoms with Crippen LogP contribution in [0.3, 0.4) is 0 Å². The molecule has 0 aliphatic heterocycles. The molecule has 1 atom stereocenters. The number of fused-ring (bicyclic) bond motifs is 1. The number of hydrogen-bond acceptors (Lipinski definition) is 3. The Morgan fingerprint density at radius 1 is 1.25 bits per heavy atom. The van der Waals surface area contributed by atoms with Crippen LogP contribution in [0.1, 0.15) is 51.0 Å². The highest BCUT2D eigenvalue weighted by Gasteiger charge is 2.37. The standard InChI is InChI=1S/C17H25NO2/c1-5-17(6-2,19-7-3)16(18)14-11-13-10-8-9-12(4)15(13)20-14/h8-11,16H,5-7,18H2,1-4H3. The summed E-state index contributed by atoms with van der Waals surface area (Å²) >= 11 is 0. The molecule has 2 rings (SSSR count). The molecular weight excluding hydrogens is 250 g/mol. The lowest BCUT2D eigenvalue weighted by Crippen LogP contribution is -2.42. The van der Waals surface area contributed by atoms with Crippen molar-refractivity contribution in [3.05, 3.63) is 35.6 Å². The predicted molar refractivity (Wildman–Crippen MR) is 82.8 cm³/mol. The van der Waals surface area contributed by atoms with Crippen molar-refractivity contribution in [2.75, 3.05) is 6.61 Å². The number of benzene rings is 1. The quantitative estimate of drug-likeness (QED) is 0.853. The fourth-order valence-corrected chi connectivity index (χ4v) is 2.91. The third-order valence-electron chi connectivity index (χ3n) is 4.26. The van der Waals surface area contributed by atoms with Crippen LogP contribution in [-0.4, -0.2) is 12.2 Å². The van der Waals surface area contributed by atoms with Gasteiger partial charge in [-0.05, 0) is 38.3 Å². The van der Waals surface area contributed by atoms with E-state index in [0.29, 0.717) is 6.61 Å². The maximum Gasteiger partial charge on any atom is 0.137 e. The molecule has 1 aromatic carbocycles. The summed E-state index contributed by atoms with van der Waals surface area (Å²) < 4.78 is 12.0. The van der Waals surface area contributed by atoms with Gasteiger partial charge in [0, 0.05) is 12.0 Å². The van der Waals surface area contributed by atoms with Crippen molar-refractivity contribution in [2.24, 2.45) is 5.73 Å². The van der Waals surface area contributed by atoms with Gasteiger partial charge in [0.05, 0.1) is 11.6 Å². The first-order valence-corrected chi connectivity index (χ1v) is 7.46. The first kappa shape index (κ1) is 15.1. The Hall–Kier alpha value is -1.32. The minimum Gasteiger partial charge on any atom is -0.459 e. The zero-order chi connectivity index (χ0) is 14.8. The van der Waals surface area contributed by atoms with Gasteiger partial charge in [-0.3, -0.25) is 0 Å². The molecule has 1 aromatic heterocycles. The molecule has 2 N–H and O–H groups in total. The van der Waals surface area contributed by atoms with Gasteiger partial charge in [-0.15, -0.1) is 0 Å². The molecular formula is C17H25NO2. The monoisotopic (exact) mass is 275 g/mol. The molecule has 0 fully saturated rings. The molecule has 0 aliphatic carbocycles. The van der Waals surface area contributed by atoms with Crippen molar-refractivity contribution in [1.29, 1.82) is 0 Å². The van der Waals surface area contributed by atoms with Crippen molar-refractivity contribution >= 4 is 11.0 Å². The topological polar surface area (TPSA) is 48.4 Å². The van der Waals surface area contributed by atoms with E-state index in [-0.39, 0.29) is 11.6 Å². The van der Waals surface area contributed by atoms with Crippen molar-refractivity contribution in [3.8, 4) is 0 Å². The number of nitrogens with two attached hydrogens (primary N) is 1. The summed E-state index contributed by atoms with van der Waals surface area (Å²) in [4.78, 5) is 0. The first-order chi connectivity index (χ1) is 9.57. The molecule has 110 valence electrons. The Balaban J connectivity index is 2.43. The van der Waals surface area contributed by atoms with Gasteiger partial charge in [0.25, 0.3) is 0 Å². The maximum absolute atomic E-state index is 6.48. The van der Waals surface area contributed by atoms with Crippen LogP contribution in [0.25, 0.3) is 11.0 Å². The number of hydrogen-bond donors (Lipinski definition) is 1. The fourth-order valence-electron chi connectivity index (χ4n) is 2.91. The van der Waals surface area contributed by atoms with E-state index in [9.17, 15) is 0 Å². The molecule has 2 aromatic rings. The first-order valence-electron chi connectivity index (χ1n) is 7.46. The highest BCUT2D eigenvalue weighted by atomic mass is 16.5. The fraction of sp³-hybridized carbons (Fsp3) is 0.529. The molecule has 3 heteroatoms. The third-order valence-corrected chi connectivity index (χ3v) is 4.26. The van der Waals surface area contributed by atoms with E-state index >= 15 is 0 Å². The number of rotatable bonds is 6. The van der Waals surface area contributed by atoms with Crippen LogP contribution in [-0.2, 0) is 4.74 Å². The lowest BCUT2D eigenvalue weighted by atomic mass is 9.87. The lowest BCUT2D eigenvalue weighted by Gasteiger charge is -2.36. The maximum atomic E-state index is 6.48. The Morgan fingerprint density at radius 2 is 1.95 bits per heavy atom. The Bertz CT molecular complexity index is 569. The molecule has 1 unspecified atom stereocenters. The molecule has 0 saturated carbocycles. The van der Waals surface area contributed by atoms with Crippen LogP contribution in [0.2, 0.25) is 0 Å². The van der Waals surface area contributed by atoms with Crippen LogP contribution in [0.4, 0.5) is 0 Å². The molecule has 0 amide bonds. The SMILES string of the molecule is CCOC(CC)(CC)C(N)c1cc2cccc(C)c2o1. The van der Waals surface area contributed by atoms with E-state index < -0.39 is 0 Å². The smallest absolute Gasteiger partial charge is 0.137 e. The molecule has 0 aliphatic rings. The van der Waals surface area contributed by atoms with Crippen molar-refractivity contribution in [2.45, 2.75) is 52.2 Å². The molecule has 20 heavy (non-hydrogen) atoms. The van der Waals surface area contributed by atoms with E-state index in [0.717, 1.165) is 35.1 Å². The summed E-state index contributed by atoms with van der Waals surface area (Å²) in [6, 6.07) is 7.95. The summed E-state index contributed by atoms with van der Waals surface area (Å²) in [5.74, 6) is 0.812. The van der Waals surface area contributed by atoms with E-state index in [4.69, 9.17) is 14.9 Å². The van der Waals surface area contributed by atoms with Crippen molar-refractivity contribution in [1.82, 2.24) is 0 Å². The number of furan rings is 1. The summed E-state index contributed by atoms with van der Waals surface area (Å²) in [7, 11) is 0. The minimum atomic E-state index is -0.351. The summed E-state index contributed by atoms with van der Waals surface area (Å²) in [5, 5.41) is 1.10. The Kier molecular flexibility index (Phi) is 4.51. The molecule has 3 nitrogen and oxygen atoms in total. The highest BCUT2D eigenvalue weighted by Crippen LogP contribution is 2.36. The van der Waals surface area contributed by atoms with Gasteiger partial charge in [-0.2, -0.15) is 0 Å². The normalized spacial score (nSPS) is 13.8. The second-order valence-electron chi connectivity index (χ2n) is 5.32. The van der Waals surface area contributed by atoms with E-state index in [1.54, 1.807) is 0 Å². The van der Waals surface area contributed by atoms with Gasteiger partial charge in [0.15, 0.2) is 0 Å². The second-order valence-corrected chi connectivity index (χ2v) is 5.32. The van der Waals surface area contributed by atoms with Gasteiger partial charge in [0.2, 0.25) is 0 Å². The number of ether oxygens (including phenoxy) is 1. The summed E-state index contributed by atoms with van der Waals surface area (Å²) in [5.41, 5.74) is 8.19. The second kappa shape index (κ2) is 5.98. The minimum absolute atomic E-state index is 0.246. The van der Waals surface area contributed by atoms with Gasteiger partial charge < -0.3 is 14.9 Å². The van der Waals surface area contributed by atoms with Crippen LogP contribution in [0.5, 0.6) is 0 Å². The van der Waals surface area contributed by atoms with Crippen molar-refractivity contribution in [3.63, 3.8) is 0 Å². The van der Waals surface area contributed by atoms with Gasteiger partial charge >= 0.3 is 0 Å². The van der Waals surface area contributed by atoms with Crippen LogP contribution in [0.15, 0.2) is 28.7 Å². The number of aryl methyl sites for hydroxylation is 1. The molecule has 0 spiro atoms.